The van der Waals surface area contributed by atoms with Gasteiger partial charge in [0.15, 0.2) is 0 Å². The molecule has 11 rings (SSSR count). The summed E-state index contributed by atoms with van der Waals surface area (Å²) in [5.41, 5.74) is 10.1. The molecular formula is C38H30B2F2N4S5. The Hall–Kier alpha value is -4.07. The first kappa shape index (κ1) is 31.6. The SMILES string of the molecule is C1=CC2=C(c3ccsc3)c3ccc(-c4cccs4)n3[B-](c3cccs3)(c3cccs3)[NH+]2C1.F[B-]1(F)n2cccc2C(c2ccsc2)=C2C=CC[NH+]21. The van der Waals surface area contributed by atoms with E-state index in [1.54, 1.807) is 39.6 Å². The number of fused-ring (bicyclic) bond motifs is 4. The van der Waals surface area contributed by atoms with Gasteiger partial charge in [-0.2, -0.15) is 45.3 Å². The number of quaternary nitrogens is 2. The Kier molecular flexibility index (Phi) is 7.61. The molecule has 252 valence electrons. The Morgan fingerprint density at radius 2 is 1.20 bits per heavy atom. The van der Waals surface area contributed by atoms with Gasteiger partial charge < -0.3 is 27.2 Å². The monoisotopic (exact) mass is 762 g/mol. The lowest BCUT2D eigenvalue weighted by atomic mass is 9.40. The lowest BCUT2D eigenvalue weighted by molar-refractivity contribution is -0.754. The molecule has 0 spiro atoms. The summed E-state index contributed by atoms with van der Waals surface area (Å²) in [6.45, 7) is -2.29. The van der Waals surface area contributed by atoms with Gasteiger partial charge in [-0.25, -0.2) is 0 Å². The fraction of sp³-hybridized carbons (Fsp3) is 0.0526. The van der Waals surface area contributed by atoms with Crippen LogP contribution >= 0.6 is 56.7 Å². The van der Waals surface area contributed by atoms with Crippen molar-refractivity contribution in [3.05, 3.63) is 175 Å². The third kappa shape index (κ3) is 4.66. The number of nitrogens with one attached hydrogen (secondary N) is 2. The molecule has 0 radical (unpaired) electrons. The lowest BCUT2D eigenvalue weighted by Gasteiger charge is -2.50. The third-order valence-electron chi connectivity index (χ3n) is 10.6. The van der Waals surface area contributed by atoms with Crippen LogP contribution in [0, 0.1) is 0 Å². The van der Waals surface area contributed by atoms with Gasteiger partial charge in [0.05, 0.1) is 29.9 Å². The summed E-state index contributed by atoms with van der Waals surface area (Å²) in [6.07, 6.45) is 8.64. The first-order valence-corrected chi connectivity index (χ1v) is 21.4. The van der Waals surface area contributed by atoms with Crippen LogP contribution < -0.4 is 19.2 Å². The van der Waals surface area contributed by atoms with E-state index < -0.39 is 13.4 Å². The largest absolute Gasteiger partial charge is 0.663 e. The van der Waals surface area contributed by atoms with Crippen molar-refractivity contribution in [3.63, 3.8) is 0 Å². The maximum atomic E-state index is 14.5. The molecule has 13 heteroatoms. The van der Waals surface area contributed by atoms with Crippen LogP contribution in [0.15, 0.2) is 152 Å². The highest BCUT2D eigenvalue weighted by Gasteiger charge is 2.53. The molecule has 0 amide bonds. The standard InChI is InChI=1S/C25H19BN2S4.C13H11BF2N2S/c1-5-20-25(18-11-16-29-17-18)21-10-9-19(22-6-2-13-30-22)28(21)26(27(20)12-1,23-7-3-14-31-23)24-8-4-15-32-24;15-14(16)17-6-1-3-11(17)13(10-5-8-19-9-10)12-4-2-7-18(12)14/h1-11,13-17,27H,12H2;1-6,8-9,18H,7H2. The zero-order valence-electron chi connectivity index (χ0n) is 27.1. The summed E-state index contributed by atoms with van der Waals surface area (Å²) in [5.74, 6) is 0. The summed E-state index contributed by atoms with van der Waals surface area (Å²) in [7, 11) is 0. The first-order valence-electron chi connectivity index (χ1n) is 16.9. The van der Waals surface area contributed by atoms with E-state index in [2.05, 4.69) is 98.1 Å². The Labute approximate surface area is 314 Å². The number of thiophene rings is 5. The number of allylic oxidation sites excluding steroid dienone is 2. The van der Waals surface area contributed by atoms with Crippen molar-refractivity contribution < 1.29 is 18.3 Å². The van der Waals surface area contributed by atoms with Crippen LogP contribution in [0.25, 0.3) is 21.7 Å². The van der Waals surface area contributed by atoms with Crippen molar-refractivity contribution in [1.82, 2.24) is 8.96 Å². The van der Waals surface area contributed by atoms with Crippen LogP contribution in [0.5, 0.6) is 0 Å². The molecule has 0 fully saturated rings. The smallest absolute Gasteiger partial charge is 0.461 e. The number of hydrogen-bond acceptors (Lipinski definition) is 5. The molecule has 11 heterocycles. The molecule has 7 aromatic heterocycles. The maximum Gasteiger partial charge on any atom is 0.663 e. The lowest BCUT2D eigenvalue weighted by Crippen LogP contribution is -3.26. The molecule has 4 nitrogen and oxygen atoms in total. The Balaban J connectivity index is 0.000000147. The minimum absolute atomic E-state index is 0.268. The van der Waals surface area contributed by atoms with Gasteiger partial charge in [-0.3, -0.25) is 0 Å². The molecule has 0 aliphatic carbocycles. The molecule has 0 saturated carbocycles. The second-order valence-electron chi connectivity index (χ2n) is 13.1. The van der Waals surface area contributed by atoms with E-state index in [0.717, 1.165) is 27.9 Å². The summed E-state index contributed by atoms with van der Waals surface area (Å²) in [5, 5.41) is 15.1. The number of halogens is 2. The van der Waals surface area contributed by atoms with Crippen LogP contribution in [0.3, 0.4) is 0 Å². The van der Waals surface area contributed by atoms with Crippen LogP contribution in [0.1, 0.15) is 22.5 Å². The molecule has 0 saturated heterocycles. The first-order chi connectivity index (χ1) is 25.1. The number of aromatic nitrogens is 2. The summed E-state index contributed by atoms with van der Waals surface area (Å²) in [4.78, 5) is 3.15. The zero-order chi connectivity index (χ0) is 34.2. The predicted molar refractivity (Wildman–Crippen MR) is 215 cm³/mol. The van der Waals surface area contributed by atoms with Crippen molar-refractivity contribution >= 4 is 90.8 Å². The van der Waals surface area contributed by atoms with Gasteiger partial charge in [0.2, 0.25) is 0 Å². The van der Waals surface area contributed by atoms with Gasteiger partial charge in [-0.1, -0.05) is 39.9 Å². The number of hydrogen-bond donors (Lipinski definition) is 2. The van der Waals surface area contributed by atoms with E-state index in [1.165, 1.54) is 48.8 Å². The normalized spacial score (nSPS) is 20.6. The Bertz CT molecular complexity index is 2430. The molecule has 2 N–H and O–H groups in total. The van der Waals surface area contributed by atoms with E-state index in [-0.39, 0.29) is 4.81 Å². The Morgan fingerprint density at radius 3 is 1.80 bits per heavy atom. The summed E-state index contributed by atoms with van der Waals surface area (Å²) in [6, 6.07) is 26.0. The van der Waals surface area contributed by atoms with Crippen molar-refractivity contribution in [2.45, 2.75) is 0 Å². The van der Waals surface area contributed by atoms with Gasteiger partial charge in [0.1, 0.15) is 5.70 Å². The molecule has 4 aliphatic rings. The van der Waals surface area contributed by atoms with E-state index in [4.69, 9.17) is 0 Å². The van der Waals surface area contributed by atoms with Gasteiger partial charge in [-0.05, 0) is 111 Å². The van der Waals surface area contributed by atoms with E-state index in [1.807, 2.05) is 63.0 Å². The molecule has 4 aliphatic heterocycles. The topological polar surface area (TPSA) is 18.7 Å². The van der Waals surface area contributed by atoms with Crippen LogP contribution in [-0.4, -0.2) is 35.4 Å². The predicted octanol–water partition coefficient (Wildman–Crippen LogP) is 6.73. The van der Waals surface area contributed by atoms with Crippen molar-refractivity contribution in [1.29, 1.82) is 0 Å². The van der Waals surface area contributed by atoms with E-state index in [0.29, 0.717) is 12.2 Å². The number of nitrogens with zero attached hydrogens (tertiary/aromatic N) is 2. The second-order valence-corrected chi connectivity index (χ2v) is 17.6. The quantitative estimate of drug-likeness (QED) is 0.182. The zero-order valence-corrected chi connectivity index (χ0v) is 31.2. The highest BCUT2D eigenvalue weighted by Crippen LogP contribution is 2.39. The molecule has 51 heavy (non-hydrogen) atoms. The summed E-state index contributed by atoms with van der Waals surface area (Å²) >= 11 is 8.98. The van der Waals surface area contributed by atoms with Crippen molar-refractivity contribution in [2.75, 3.05) is 13.1 Å². The van der Waals surface area contributed by atoms with Crippen LogP contribution in [0.4, 0.5) is 8.63 Å². The molecule has 0 bridgehead atoms. The van der Waals surface area contributed by atoms with E-state index >= 15 is 0 Å². The fourth-order valence-electron chi connectivity index (χ4n) is 8.65. The van der Waals surface area contributed by atoms with Crippen molar-refractivity contribution in [3.8, 4) is 10.6 Å². The van der Waals surface area contributed by atoms with Gasteiger partial charge in [0, 0.05) is 33.1 Å². The second kappa shape index (κ2) is 12.3. The van der Waals surface area contributed by atoms with E-state index in [9.17, 15) is 8.63 Å². The minimum atomic E-state index is -3.64. The highest BCUT2D eigenvalue weighted by molar-refractivity contribution is 7.34. The molecular weight excluding hydrogens is 732 g/mol. The number of rotatable bonds is 5. The molecule has 2 unspecified atom stereocenters. The van der Waals surface area contributed by atoms with Gasteiger partial charge >= 0.3 is 13.4 Å². The average Bonchev–Trinajstić information content (AvgIpc) is 3.98. The molecule has 7 aromatic rings. The molecule has 2 atom stereocenters. The van der Waals surface area contributed by atoms with Gasteiger partial charge in [0.25, 0.3) is 0 Å². The van der Waals surface area contributed by atoms with Crippen LogP contribution in [0.2, 0.25) is 0 Å². The van der Waals surface area contributed by atoms with Gasteiger partial charge in [-0.15, -0.1) is 11.3 Å². The molecule has 0 aromatic carbocycles. The average molecular weight is 763 g/mol. The summed E-state index contributed by atoms with van der Waals surface area (Å²) < 4.78 is 35.8. The fourth-order valence-corrected chi connectivity index (χ4v) is 12.9. The third-order valence-corrected chi connectivity index (χ3v) is 15.0. The highest BCUT2D eigenvalue weighted by atomic mass is 32.1. The minimum Gasteiger partial charge on any atom is -0.461 e. The maximum absolute atomic E-state index is 14.5. The van der Waals surface area contributed by atoms with Crippen LogP contribution in [-0.2, 0) is 0 Å². The van der Waals surface area contributed by atoms with Crippen molar-refractivity contribution in [2.24, 2.45) is 0 Å². The Morgan fingerprint density at radius 1 is 0.588 bits per heavy atom.